The van der Waals surface area contributed by atoms with Crippen molar-refractivity contribution in [3.05, 3.63) is 60.4 Å². The van der Waals surface area contributed by atoms with Gasteiger partial charge in [0.1, 0.15) is 17.9 Å². The number of nitrogens with zero attached hydrogens (tertiary/aromatic N) is 1. The minimum absolute atomic E-state index is 0.218. The second kappa shape index (κ2) is 8.86. The minimum atomic E-state index is -3.53. The zero-order chi connectivity index (χ0) is 21.0. The van der Waals surface area contributed by atoms with Crippen LogP contribution in [-0.2, 0) is 14.8 Å². The van der Waals surface area contributed by atoms with Gasteiger partial charge in [0.15, 0.2) is 5.76 Å². The van der Waals surface area contributed by atoms with Crippen molar-refractivity contribution in [3.8, 4) is 5.75 Å². The van der Waals surface area contributed by atoms with Crippen LogP contribution in [0.5, 0.6) is 5.75 Å². The van der Waals surface area contributed by atoms with Gasteiger partial charge in [-0.05, 0) is 36.4 Å². The number of fused-ring (bicyclic) bond motifs is 1. The minimum Gasteiger partial charge on any atom is -0.492 e. The number of carbonyl (C=O) groups excluding carboxylic acids is 1. The van der Waals surface area contributed by atoms with Crippen LogP contribution in [0.1, 0.15) is 10.6 Å². The number of benzene rings is 2. The van der Waals surface area contributed by atoms with Gasteiger partial charge in [-0.1, -0.05) is 18.2 Å². The van der Waals surface area contributed by atoms with Crippen LogP contribution >= 0.6 is 0 Å². The van der Waals surface area contributed by atoms with E-state index in [4.69, 9.17) is 13.9 Å². The van der Waals surface area contributed by atoms with E-state index in [1.165, 1.54) is 16.4 Å². The predicted octanol–water partition coefficient (Wildman–Crippen LogP) is 2.26. The molecule has 30 heavy (non-hydrogen) atoms. The maximum Gasteiger partial charge on any atom is 0.287 e. The van der Waals surface area contributed by atoms with Crippen molar-refractivity contribution in [2.75, 3.05) is 39.5 Å². The smallest absolute Gasteiger partial charge is 0.287 e. The molecule has 2 heterocycles. The Labute approximate surface area is 174 Å². The number of para-hydroxylation sites is 1. The van der Waals surface area contributed by atoms with Gasteiger partial charge in [-0.25, -0.2) is 8.42 Å². The van der Waals surface area contributed by atoms with Gasteiger partial charge in [0.25, 0.3) is 5.91 Å². The van der Waals surface area contributed by atoms with Crippen molar-refractivity contribution >= 4 is 26.9 Å². The van der Waals surface area contributed by atoms with E-state index in [0.29, 0.717) is 37.6 Å². The van der Waals surface area contributed by atoms with E-state index in [9.17, 15) is 13.2 Å². The molecule has 0 saturated carbocycles. The molecule has 1 fully saturated rings. The van der Waals surface area contributed by atoms with Crippen LogP contribution in [0.3, 0.4) is 0 Å². The van der Waals surface area contributed by atoms with Gasteiger partial charge in [0.2, 0.25) is 10.0 Å². The molecule has 3 aromatic rings. The fraction of sp³-hybridized carbons (Fsp3) is 0.286. The quantitative estimate of drug-likeness (QED) is 0.578. The molecule has 0 unspecified atom stereocenters. The monoisotopic (exact) mass is 430 g/mol. The molecule has 1 saturated heterocycles. The van der Waals surface area contributed by atoms with Gasteiger partial charge in [-0.3, -0.25) is 4.79 Å². The summed E-state index contributed by atoms with van der Waals surface area (Å²) in [6.45, 7) is 2.03. The third-order valence-corrected chi connectivity index (χ3v) is 6.65. The third kappa shape index (κ3) is 4.48. The first kappa shape index (κ1) is 20.4. The highest BCUT2D eigenvalue weighted by atomic mass is 32.2. The number of carbonyl (C=O) groups is 1. The van der Waals surface area contributed by atoms with Crippen LogP contribution < -0.4 is 10.1 Å². The first-order valence-electron chi connectivity index (χ1n) is 9.61. The van der Waals surface area contributed by atoms with Crippen molar-refractivity contribution in [3.63, 3.8) is 0 Å². The zero-order valence-corrected chi connectivity index (χ0v) is 17.1. The molecule has 0 aliphatic carbocycles. The van der Waals surface area contributed by atoms with E-state index < -0.39 is 10.0 Å². The van der Waals surface area contributed by atoms with Gasteiger partial charge >= 0.3 is 0 Å². The first-order valence-corrected chi connectivity index (χ1v) is 11.1. The van der Waals surface area contributed by atoms with Gasteiger partial charge < -0.3 is 19.2 Å². The standard InChI is InChI=1S/C21H22N2O6S/c24-21(20-15-16-3-1-2-4-19(16)29-20)22-9-12-28-17-5-7-18(8-6-17)30(25,26)23-10-13-27-14-11-23/h1-8,15H,9-14H2,(H,22,24). The summed E-state index contributed by atoms with van der Waals surface area (Å²) in [5.41, 5.74) is 0.658. The van der Waals surface area contributed by atoms with E-state index in [-0.39, 0.29) is 29.7 Å². The number of rotatable bonds is 7. The lowest BCUT2D eigenvalue weighted by atomic mass is 10.2. The molecule has 158 valence electrons. The Hall–Kier alpha value is -2.88. The Morgan fingerprint density at radius 2 is 1.80 bits per heavy atom. The zero-order valence-electron chi connectivity index (χ0n) is 16.2. The Kier molecular flexibility index (Phi) is 6.03. The summed E-state index contributed by atoms with van der Waals surface area (Å²) in [5.74, 6) is 0.449. The molecule has 2 aromatic carbocycles. The Morgan fingerprint density at radius 3 is 2.53 bits per heavy atom. The molecule has 0 bridgehead atoms. The van der Waals surface area contributed by atoms with E-state index in [1.807, 2.05) is 18.2 Å². The molecule has 4 rings (SSSR count). The van der Waals surface area contributed by atoms with Crippen LogP contribution in [-0.4, -0.2) is 58.1 Å². The molecule has 1 aliphatic heterocycles. The summed E-state index contributed by atoms with van der Waals surface area (Å²) >= 11 is 0. The third-order valence-electron chi connectivity index (χ3n) is 4.74. The summed E-state index contributed by atoms with van der Waals surface area (Å²) in [6, 6.07) is 15.4. The van der Waals surface area contributed by atoms with E-state index >= 15 is 0 Å². The molecular formula is C21H22N2O6S. The Balaban J connectivity index is 1.27. The summed E-state index contributed by atoms with van der Waals surface area (Å²) < 4.78 is 42.9. The largest absolute Gasteiger partial charge is 0.492 e. The lowest BCUT2D eigenvalue weighted by molar-refractivity contribution is 0.0730. The molecular weight excluding hydrogens is 408 g/mol. The molecule has 0 radical (unpaired) electrons. The summed E-state index contributed by atoms with van der Waals surface area (Å²) in [4.78, 5) is 12.4. The number of hydrogen-bond donors (Lipinski definition) is 1. The van der Waals surface area contributed by atoms with Gasteiger partial charge in [-0.2, -0.15) is 4.31 Å². The summed E-state index contributed by atoms with van der Waals surface area (Å²) in [6.07, 6.45) is 0. The summed E-state index contributed by atoms with van der Waals surface area (Å²) in [5, 5.41) is 3.60. The first-order chi connectivity index (χ1) is 14.5. The number of sulfonamides is 1. The number of nitrogens with one attached hydrogen (secondary N) is 1. The van der Waals surface area contributed by atoms with Crippen LogP contribution in [0, 0.1) is 0 Å². The fourth-order valence-corrected chi connectivity index (χ4v) is 4.57. The van der Waals surface area contributed by atoms with E-state index in [2.05, 4.69) is 5.32 Å². The molecule has 1 amide bonds. The maximum absolute atomic E-state index is 12.6. The average molecular weight is 430 g/mol. The summed E-state index contributed by atoms with van der Waals surface area (Å²) in [7, 11) is -3.53. The number of amides is 1. The van der Waals surface area contributed by atoms with Crippen LogP contribution in [0.2, 0.25) is 0 Å². The van der Waals surface area contributed by atoms with Gasteiger partial charge in [0, 0.05) is 18.5 Å². The normalized spacial score (nSPS) is 15.2. The highest BCUT2D eigenvalue weighted by Gasteiger charge is 2.26. The molecule has 1 N–H and O–H groups in total. The second-order valence-corrected chi connectivity index (χ2v) is 8.68. The van der Waals surface area contributed by atoms with E-state index in [0.717, 1.165) is 5.39 Å². The Bertz CT molecular complexity index is 1080. The van der Waals surface area contributed by atoms with Crippen molar-refractivity contribution in [2.24, 2.45) is 0 Å². The SMILES string of the molecule is O=C(NCCOc1ccc(S(=O)(=O)N2CCOCC2)cc1)c1cc2ccccc2o1. The average Bonchev–Trinajstić information content (AvgIpc) is 3.22. The van der Waals surface area contributed by atoms with Gasteiger partial charge in [-0.15, -0.1) is 0 Å². The molecule has 1 aromatic heterocycles. The van der Waals surface area contributed by atoms with Crippen LogP contribution in [0.25, 0.3) is 11.0 Å². The number of furan rings is 1. The van der Waals surface area contributed by atoms with Crippen LogP contribution in [0.4, 0.5) is 0 Å². The molecule has 0 atom stereocenters. The van der Waals surface area contributed by atoms with Crippen molar-refractivity contribution in [1.82, 2.24) is 9.62 Å². The molecule has 9 heteroatoms. The van der Waals surface area contributed by atoms with Crippen molar-refractivity contribution in [2.45, 2.75) is 4.90 Å². The number of hydrogen-bond acceptors (Lipinski definition) is 6. The maximum atomic E-state index is 12.6. The second-order valence-electron chi connectivity index (χ2n) is 6.74. The highest BCUT2D eigenvalue weighted by molar-refractivity contribution is 7.89. The van der Waals surface area contributed by atoms with Crippen molar-refractivity contribution < 1.29 is 27.1 Å². The van der Waals surface area contributed by atoms with Gasteiger partial charge in [0.05, 0.1) is 24.7 Å². The fourth-order valence-electron chi connectivity index (χ4n) is 3.16. The lowest BCUT2D eigenvalue weighted by Gasteiger charge is -2.26. The number of morpholine rings is 1. The Morgan fingerprint density at radius 1 is 1.07 bits per heavy atom. The molecule has 0 spiro atoms. The van der Waals surface area contributed by atoms with E-state index in [1.54, 1.807) is 24.3 Å². The number of ether oxygens (including phenoxy) is 2. The van der Waals surface area contributed by atoms with Crippen molar-refractivity contribution in [1.29, 1.82) is 0 Å². The lowest BCUT2D eigenvalue weighted by Crippen LogP contribution is -2.40. The molecule has 8 nitrogen and oxygen atoms in total. The van der Waals surface area contributed by atoms with Crippen LogP contribution in [0.15, 0.2) is 63.9 Å². The predicted molar refractivity (Wildman–Crippen MR) is 110 cm³/mol. The molecule has 1 aliphatic rings. The topological polar surface area (TPSA) is 98.1 Å². The highest BCUT2D eigenvalue weighted by Crippen LogP contribution is 2.21.